The van der Waals surface area contributed by atoms with E-state index in [9.17, 15) is 4.79 Å². The Bertz CT molecular complexity index is 511. The predicted octanol–water partition coefficient (Wildman–Crippen LogP) is 2.87. The number of nitrogens with zero attached hydrogens (tertiary/aromatic N) is 2. The van der Waals surface area contributed by atoms with Gasteiger partial charge in [0.05, 0.1) is 18.4 Å². The molecule has 2 N–H and O–H groups in total. The van der Waals surface area contributed by atoms with E-state index >= 15 is 0 Å². The first-order valence-corrected chi connectivity index (χ1v) is 9.23. The summed E-state index contributed by atoms with van der Waals surface area (Å²) in [5.74, 6) is 0. The number of carbonyl (C=O) groups excluding carboxylic acids is 1. The van der Waals surface area contributed by atoms with Crippen molar-refractivity contribution in [1.29, 1.82) is 0 Å². The number of hydrogen-bond donors (Lipinski definition) is 2. The van der Waals surface area contributed by atoms with Crippen molar-refractivity contribution in [3.8, 4) is 0 Å². The summed E-state index contributed by atoms with van der Waals surface area (Å²) in [6.07, 6.45) is 14.9. The molecule has 0 aliphatic heterocycles. The van der Waals surface area contributed by atoms with Crippen LogP contribution in [0.2, 0.25) is 0 Å². The van der Waals surface area contributed by atoms with Gasteiger partial charge in [0, 0.05) is 32.7 Å². The van der Waals surface area contributed by atoms with E-state index in [2.05, 4.69) is 20.2 Å². The zero-order valence-corrected chi connectivity index (χ0v) is 14.7. The number of ether oxygens (including phenoxy) is 1. The SMILES string of the molecule is COCCC1(CNC(=O)N[C@@H]2CCC[C@H]2n2ccnc2)CCCC1. The molecule has 0 unspecified atom stereocenters. The molecule has 6 nitrogen and oxygen atoms in total. The molecule has 2 amide bonds. The van der Waals surface area contributed by atoms with E-state index in [1.807, 2.05) is 12.5 Å². The van der Waals surface area contributed by atoms with Crippen LogP contribution in [0.4, 0.5) is 4.79 Å². The minimum Gasteiger partial charge on any atom is -0.385 e. The van der Waals surface area contributed by atoms with E-state index in [4.69, 9.17) is 4.74 Å². The van der Waals surface area contributed by atoms with Gasteiger partial charge < -0.3 is 19.9 Å². The molecule has 0 spiro atoms. The van der Waals surface area contributed by atoms with Crippen molar-refractivity contribution in [2.45, 2.75) is 63.5 Å². The lowest BCUT2D eigenvalue weighted by molar-refractivity contribution is 0.135. The van der Waals surface area contributed by atoms with Gasteiger partial charge in [0.25, 0.3) is 0 Å². The minimum absolute atomic E-state index is 0.0318. The summed E-state index contributed by atoms with van der Waals surface area (Å²) in [5, 5.41) is 6.32. The molecule has 134 valence electrons. The van der Waals surface area contributed by atoms with Gasteiger partial charge >= 0.3 is 6.03 Å². The average molecular weight is 334 g/mol. The number of methoxy groups -OCH3 is 1. The maximum absolute atomic E-state index is 12.4. The third-order valence-corrected chi connectivity index (χ3v) is 5.83. The van der Waals surface area contributed by atoms with E-state index in [1.54, 1.807) is 13.3 Å². The van der Waals surface area contributed by atoms with Gasteiger partial charge in [-0.2, -0.15) is 0 Å². The zero-order chi connectivity index (χ0) is 16.8. The van der Waals surface area contributed by atoms with E-state index < -0.39 is 0 Å². The van der Waals surface area contributed by atoms with E-state index in [1.165, 1.54) is 25.7 Å². The second kappa shape index (κ2) is 8.01. The van der Waals surface area contributed by atoms with Gasteiger partial charge in [-0.25, -0.2) is 9.78 Å². The van der Waals surface area contributed by atoms with Gasteiger partial charge in [0.2, 0.25) is 0 Å². The molecular weight excluding hydrogens is 304 g/mol. The Morgan fingerprint density at radius 3 is 2.88 bits per heavy atom. The third kappa shape index (κ3) is 4.09. The fourth-order valence-corrected chi connectivity index (χ4v) is 4.38. The van der Waals surface area contributed by atoms with Crippen molar-refractivity contribution in [1.82, 2.24) is 20.2 Å². The van der Waals surface area contributed by atoms with Crippen LogP contribution in [0.3, 0.4) is 0 Å². The highest BCUT2D eigenvalue weighted by Gasteiger charge is 2.34. The standard InChI is InChI=1S/C18H30N4O2/c1-24-12-9-18(7-2-3-8-18)13-20-17(23)21-15-5-4-6-16(15)22-11-10-19-14-22/h10-11,14-16H,2-9,12-13H2,1H3,(H2,20,21,23)/t15-,16-/m1/s1. The molecule has 1 heterocycles. The molecule has 2 fully saturated rings. The molecule has 0 saturated heterocycles. The summed E-state index contributed by atoms with van der Waals surface area (Å²) in [7, 11) is 1.75. The molecule has 6 heteroatoms. The van der Waals surface area contributed by atoms with Crippen LogP contribution in [-0.4, -0.2) is 41.9 Å². The second-order valence-electron chi connectivity index (χ2n) is 7.39. The summed E-state index contributed by atoms with van der Waals surface area (Å²) >= 11 is 0. The molecule has 1 aromatic heterocycles. The maximum Gasteiger partial charge on any atom is 0.315 e. The summed E-state index contributed by atoms with van der Waals surface area (Å²) in [4.78, 5) is 16.5. The molecule has 1 aromatic rings. The molecule has 3 rings (SSSR count). The number of amides is 2. The Morgan fingerprint density at radius 1 is 1.33 bits per heavy atom. The van der Waals surface area contributed by atoms with Crippen LogP contribution in [0, 0.1) is 5.41 Å². The smallest absolute Gasteiger partial charge is 0.315 e. The van der Waals surface area contributed by atoms with E-state index in [-0.39, 0.29) is 17.5 Å². The fourth-order valence-electron chi connectivity index (χ4n) is 4.38. The fraction of sp³-hybridized carbons (Fsp3) is 0.778. The van der Waals surface area contributed by atoms with Crippen molar-refractivity contribution >= 4 is 6.03 Å². The van der Waals surface area contributed by atoms with Gasteiger partial charge in [-0.05, 0) is 43.9 Å². The van der Waals surface area contributed by atoms with Crippen LogP contribution in [0.15, 0.2) is 18.7 Å². The van der Waals surface area contributed by atoms with Crippen LogP contribution in [0.5, 0.6) is 0 Å². The largest absolute Gasteiger partial charge is 0.385 e. The zero-order valence-electron chi connectivity index (χ0n) is 14.7. The van der Waals surface area contributed by atoms with Crippen molar-refractivity contribution < 1.29 is 9.53 Å². The molecule has 0 bridgehead atoms. The van der Waals surface area contributed by atoms with Crippen molar-refractivity contribution in [2.24, 2.45) is 5.41 Å². The quantitative estimate of drug-likeness (QED) is 0.805. The first kappa shape index (κ1) is 17.3. The first-order valence-electron chi connectivity index (χ1n) is 9.23. The minimum atomic E-state index is -0.0318. The number of urea groups is 1. The lowest BCUT2D eigenvalue weighted by atomic mass is 9.83. The Morgan fingerprint density at radius 2 is 2.17 bits per heavy atom. The van der Waals surface area contributed by atoms with Crippen molar-refractivity contribution in [3.63, 3.8) is 0 Å². The lowest BCUT2D eigenvalue weighted by Gasteiger charge is -2.30. The molecule has 2 atom stereocenters. The second-order valence-corrected chi connectivity index (χ2v) is 7.39. The molecule has 2 aliphatic rings. The Balaban J connectivity index is 1.50. The van der Waals surface area contributed by atoms with Crippen molar-refractivity contribution in [3.05, 3.63) is 18.7 Å². The number of nitrogens with one attached hydrogen (secondary N) is 2. The van der Waals surface area contributed by atoms with Crippen LogP contribution in [-0.2, 0) is 4.74 Å². The highest BCUT2D eigenvalue weighted by molar-refractivity contribution is 5.74. The lowest BCUT2D eigenvalue weighted by Crippen LogP contribution is -2.47. The summed E-state index contributed by atoms with van der Waals surface area (Å²) in [6.45, 7) is 1.53. The van der Waals surface area contributed by atoms with Gasteiger partial charge in [-0.1, -0.05) is 12.8 Å². The normalized spacial score (nSPS) is 25.7. The average Bonchev–Trinajstić information content (AvgIpc) is 3.32. The van der Waals surface area contributed by atoms with Gasteiger partial charge in [0.1, 0.15) is 0 Å². The number of aromatic nitrogens is 2. The third-order valence-electron chi connectivity index (χ3n) is 5.83. The van der Waals surface area contributed by atoms with Crippen LogP contribution < -0.4 is 10.6 Å². The predicted molar refractivity (Wildman–Crippen MR) is 92.8 cm³/mol. The van der Waals surface area contributed by atoms with Gasteiger partial charge in [0.15, 0.2) is 0 Å². The number of imidazole rings is 1. The highest BCUT2D eigenvalue weighted by atomic mass is 16.5. The Hall–Kier alpha value is -1.56. The van der Waals surface area contributed by atoms with Crippen molar-refractivity contribution in [2.75, 3.05) is 20.3 Å². The molecule has 24 heavy (non-hydrogen) atoms. The number of carbonyl (C=O) groups is 1. The van der Waals surface area contributed by atoms with E-state index in [0.29, 0.717) is 6.04 Å². The first-order chi connectivity index (χ1) is 11.7. The Kier molecular flexibility index (Phi) is 5.76. The Labute approximate surface area is 144 Å². The summed E-state index contributed by atoms with van der Waals surface area (Å²) in [5.41, 5.74) is 0.229. The van der Waals surface area contributed by atoms with Crippen LogP contribution in [0.1, 0.15) is 57.4 Å². The van der Waals surface area contributed by atoms with Crippen LogP contribution in [0.25, 0.3) is 0 Å². The van der Waals surface area contributed by atoms with E-state index in [0.717, 1.165) is 38.8 Å². The number of rotatable bonds is 7. The van der Waals surface area contributed by atoms with Gasteiger partial charge in [-0.3, -0.25) is 0 Å². The monoisotopic (exact) mass is 334 g/mol. The highest BCUT2D eigenvalue weighted by Crippen LogP contribution is 2.40. The molecular formula is C18H30N4O2. The topological polar surface area (TPSA) is 68.2 Å². The molecule has 2 saturated carbocycles. The van der Waals surface area contributed by atoms with Gasteiger partial charge in [-0.15, -0.1) is 0 Å². The molecule has 0 radical (unpaired) electrons. The maximum atomic E-state index is 12.4. The summed E-state index contributed by atoms with van der Waals surface area (Å²) in [6, 6.07) is 0.487. The summed E-state index contributed by atoms with van der Waals surface area (Å²) < 4.78 is 7.38. The molecule has 0 aromatic carbocycles. The van der Waals surface area contributed by atoms with Crippen LogP contribution >= 0.6 is 0 Å². The molecule has 2 aliphatic carbocycles. The number of hydrogen-bond acceptors (Lipinski definition) is 3.